The number of hydrogen-bond acceptors (Lipinski definition) is 4. The minimum absolute atomic E-state index is 0.0664. The number of carboxylic acids is 1. The third-order valence-electron chi connectivity index (χ3n) is 3.68. The highest BCUT2D eigenvalue weighted by molar-refractivity contribution is 5.86. The molecule has 5 nitrogen and oxygen atoms in total. The van der Waals surface area contributed by atoms with Crippen molar-refractivity contribution in [3.8, 4) is 5.88 Å². The second-order valence-electron chi connectivity index (χ2n) is 5.09. The fourth-order valence-corrected chi connectivity index (χ4v) is 2.63. The summed E-state index contributed by atoms with van der Waals surface area (Å²) in [6, 6.07) is 11.0. The highest BCUT2D eigenvalue weighted by atomic mass is 16.5. The molecule has 3 rings (SSSR count). The summed E-state index contributed by atoms with van der Waals surface area (Å²) in [5.74, 6) is -0.902. The van der Waals surface area contributed by atoms with E-state index in [2.05, 4.69) is 11.1 Å². The lowest BCUT2D eigenvalue weighted by Crippen LogP contribution is -2.17. The molecule has 2 aromatic rings. The average molecular weight is 284 g/mol. The highest BCUT2D eigenvalue weighted by Gasteiger charge is 2.23. The zero-order valence-corrected chi connectivity index (χ0v) is 11.5. The second-order valence-corrected chi connectivity index (χ2v) is 5.09. The lowest BCUT2D eigenvalue weighted by atomic mass is 9.89. The first-order chi connectivity index (χ1) is 10.1. The van der Waals surface area contributed by atoms with Crippen LogP contribution in [0, 0.1) is 0 Å². The fourth-order valence-electron chi connectivity index (χ4n) is 2.63. The van der Waals surface area contributed by atoms with Gasteiger partial charge in [-0.15, -0.1) is 0 Å². The number of benzene rings is 1. The molecule has 0 radical (unpaired) electrons. The molecule has 5 heteroatoms. The Morgan fingerprint density at radius 1 is 1.29 bits per heavy atom. The maximum absolute atomic E-state index is 11.0. The van der Waals surface area contributed by atoms with Crippen LogP contribution in [-0.4, -0.2) is 16.1 Å². The molecular weight excluding hydrogens is 268 g/mol. The normalized spacial score (nSPS) is 17.0. The molecule has 0 fully saturated rings. The first-order valence-corrected chi connectivity index (χ1v) is 6.89. The molecule has 1 heterocycles. The van der Waals surface area contributed by atoms with Gasteiger partial charge in [0.25, 0.3) is 0 Å². The van der Waals surface area contributed by atoms with Crippen LogP contribution in [0.25, 0.3) is 0 Å². The number of carboxylic acid groups (broad SMARTS) is 1. The van der Waals surface area contributed by atoms with Gasteiger partial charge in [0.15, 0.2) is 5.69 Å². The standard InChI is InChI=1S/C16H16N2O3/c17-12-8-9-13(16(19)20)18-15(12)21-14-7-3-5-10-4-1-2-6-11(10)14/h1-2,4,6,8-9,14H,3,5,7,17H2,(H,19,20). The summed E-state index contributed by atoms with van der Waals surface area (Å²) in [4.78, 5) is 15.0. The van der Waals surface area contributed by atoms with E-state index in [1.807, 2.05) is 18.2 Å². The van der Waals surface area contributed by atoms with Crippen molar-refractivity contribution in [1.82, 2.24) is 4.98 Å². The lowest BCUT2D eigenvalue weighted by Gasteiger charge is -2.26. The lowest BCUT2D eigenvalue weighted by molar-refractivity contribution is 0.0688. The smallest absolute Gasteiger partial charge is 0.354 e. The monoisotopic (exact) mass is 284 g/mol. The van der Waals surface area contributed by atoms with Crippen LogP contribution in [0.4, 0.5) is 5.69 Å². The Labute approximate surface area is 122 Å². The fraction of sp³-hybridized carbons (Fsp3) is 0.250. The molecule has 0 amide bonds. The predicted molar refractivity (Wildman–Crippen MR) is 78.4 cm³/mol. The topological polar surface area (TPSA) is 85.4 Å². The van der Waals surface area contributed by atoms with E-state index < -0.39 is 5.97 Å². The number of aromatic carboxylic acids is 1. The van der Waals surface area contributed by atoms with Crippen LogP contribution in [0.5, 0.6) is 5.88 Å². The van der Waals surface area contributed by atoms with Crippen LogP contribution in [0.3, 0.4) is 0 Å². The second kappa shape index (κ2) is 5.44. The van der Waals surface area contributed by atoms with E-state index in [0.29, 0.717) is 5.69 Å². The van der Waals surface area contributed by atoms with E-state index >= 15 is 0 Å². The minimum Gasteiger partial charge on any atom is -0.477 e. The number of nitrogen functional groups attached to an aromatic ring is 1. The van der Waals surface area contributed by atoms with Crippen LogP contribution < -0.4 is 10.5 Å². The van der Waals surface area contributed by atoms with Gasteiger partial charge in [-0.2, -0.15) is 0 Å². The minimum atomic E-state index is -1.09. The summed E-state index contributed by atoms with van der Waals surface area (Å²) >= 11 is 0. The van der Waals surface area contributed by atoms with Gasteiger partial charge in [0.1, 0.15) is 6.10 Å². The summed E-state index contributed by atoms with van der Waals surface area (Å²) in [5.41, 5.74) is 8.53. The number of ether oxygens (including phenoxy) is 1. The molecule has 0 saturated carbocycles. The van der Waals surface area contributed by atoms with E-state index in [1.54, 1.807) is 0 Å². The van der Waals surface area contributed by atoms with Gasteiger partial charge in [-0.1, -0.05) is 24.3 Å². The SMILES string of the molecule is Nc1ccc(C(=O)O)nc1OC1CCCc2ccccc21. The van der Waals surface area contributed by atoms with Crippen molar-refractivity contribution in [3.63, 3.8) is 0 Å². The van der Waals surface area contributed by atoms with Gasteiger partial charge in [0, 0.05) is 0 Å². The number of aromatic nitrogens is 1. The summed E-state index contributed by atoms with van der Waals surface area (Å²) in [6.07, 6.45) is 2.80. The van der Waals surface area contributed by atoms with Gasteiger partial charge < -0.3 is 15.6 Å². The molecule has 1 aromatic heterocycles. The Morgan fingerprint density at radius 3 is 2.90 bits per heavy atom. The van der Waals surface area contributed by atoms with Crippen molar-refractivity contribution in [2.45, 2.75) is 25.4 Å². The first-order valence-electron chi connectivity index (χ1n) is 6.89. The number of carbonyl (C=O) groups is 1. The van der Waals surface area contributed by atoms with Crippen molar-refractivity contribution in [3.05, 3.63) is 53.2 Å². The van der Waals surface area contributed by atoms with Crippen molar-refractivity contribution in [2.75, 3.05) is 5.73 Å². The Kier molecular flexibility index (Phi) is 3.48. The molecular formula is C16H16N2O3. The van der Waals surface area contributed by atoms with Gasteiger partial charge in [-0.3, -0.25) is 0 Å². The number of hydrogen-bond donors (Lipinski definition) is 2. The van der Waals surface area contributed by atoms with Crippen LogP contribution in [0.15, 0.2) is 36.4 Å². The zero-order valence-electron chi connectivity index (χ0n) is 11.5. The molecule has 21 heavy (non-hydrogen) atoms. The number of pyridine rings is 1. The number of fused-ring (bicyclic) bond motifs is 1. The van der Waals surface area contributed by atoms with Crippen molar-refractivity contribution in [1.29, 1.82) is 0 Å². The summed E-state index contributed by atoms with van der Waals surface area (Å²) in [5, 5.41) is 9.00. The summed E-state index contributed by atoms with van der Waals surface area (Å²) in [7, 11) is 0. The van der Waals surface area contributed by atoms with E-state index in [4.69, 9.17) is 15.6 Å². The number of nitrogens with zero attached hydrogens (tertiary/aromatic N) is 1. The molecule has 1 atom stereocenters. The van der Waals surface area contributed by atoms with Crippen LogP contribution in [-0.2, 0) is 6.42 Å². The maximum Gasteiger partial charge on any atom is 0.354 e. The van der Waals surface area contributed by atoms with E-state index in [9.17, 15) is 4.79 Å². The van der Waals surface area contributed by atoms with E-state index in [-0.39, 0.29) is 17.7 Å². The van der Waals surface area contributed by atoms with Gasteiger partial charge in [-0.25, -0.2) is 9.78 Å². The summed E-state index contributed by atoms with van der Waals surface area (Å²) in [6.45, 7) is 0. The van der Waals surface area contributed by atoms with E-state index in [0.717, 1.165) is 24.8 Å². The van der Waals surface area contributed by atoms with Crippen molar-refractivity contribution >= 4 is 11.7 Å². The predicted octanol–water partition coefficient (Wildman–Crippen LogP) is 2.82. The molecule has 108 valence electrons. The number of aryl methyl sites for hydroxylation is 1. The third-order valence-corrected chi connectivity index (χ3v) is 3.68. The van der Waals surface area contributed by atoms with Gasteiger partial charge in [0.2, 0.25) is 5.88 Å². The largest absolute Gasteiger partial charge is 0.477 e. The highest BCUT2D eigenvalue weighted by Crippen LogP contribution is 2.34. The zero-order chi connectivity index (χ0) is 14.8. The van der Waals surface area contributed by atoms with Crippen molar-refractivity contribution < 1.29 is 14.6 Å². The maximum atomic E-state index is 11.0. The Hall–Kier alpha value is -2.56. The Balaban J connectivity index is 1.91. The van der Waals surface area contributed by atoms with Gasteiger partial charge in [0.05, 0.1) is 5.69 Å². The van der Waals surface area contributed by atoms with Gasteiger partial charge >= 0.3 is 5.97 Å². The molecule has 3 N–H and O–H groups in total. The summed E-state index contributed by atoms with van der Waals surface area (Å²) < 4.78 is 5.90. The van der Waals surface area contributed by atoms with Crippen LogP contribution in [0.2, 0.25) is 0 Å². The van der Waals surface area contributed by atoms with Crippen molar-refractivity contribution in [2.24, 2.45) is 0 Å². The number of rotatable bonds is 3. The molecule has 0 spiro atoms. The first kappa shape index (κ1) is 13.4. The quantitative estimate of drug-likeness (QED) is 0.905. The average Bonchev–Trinajstić information content (AvgIpc) is 2.49. The number of anilines is 1. The van der Waals surface area contributed by atoms with E-state index in [1.165, 1.54) is 17.7 Å². The molecule has 1 aliphatic carbocycles. The van der Waals surface area contributed by atoms with Crippen LogP contribution in [0.1, 0.15) is 40.6 Å². The molecule has 0 bridgehead atoms. The molecule has 1 aliphatic rings. The third kappa shape index (κ3) is 2.67. The van der Waals surface area contributed by atoms with Crippen LogP contribution >= 0.6 is 0 Å². The Morgan fingerprint density at radius 2 is 2.10 bits per heavy atom. The molecule has 1 aromatic carbocycles. The Bertz CT molecular complexity index is 685. The number of nitrogens with two attached hydrogens (primary N) is 1. The molecule has 0 saturated heterocycles. The molecule has 1 unspecified atom stereocenters. The van der Waals surface area contributed by atoms with Gasteiger partial charge in [-0.05, 0) is 42.5 Å². The molecule has 0 aliphatic heterocycles.